The van der Waals surface area contributed by atoms with Gasteiger partial charge in [0.25, 0.3) is 0 Å². The largest absolute Gasteiger partial charge is 0.396 e. The second-order valence-corrected chi connectivity index (χ2v) is 5.19. The van der Waals surface area contributed by atoms with Crippen LogP contribution in [0.2, 0.25) is 0 Å². The molecule has 0 spiro atoms. The number of hydrogen-bond acceptors (Lipinski definition) is 2. The summed E-state index contributed by atoms with van der Waals surface area (Å²) in [6.07, 6.45) is 0.779. The molecule has 0 saturated heterocycles. The van der Waals surface area contributed by atoms with Crippen LogP contribution >= 0.6 is 0 Å². The number of fused-ring (bicyclic) bond motifs is 3. The zero-order valence-corrected chi connectivity index (χ0v) is 11.1. The summed E-state index contributed by atoms with van der Waals surface area (Å²) in [6, 6.07) is 17.7. The van der Waals surface area contributed by atoms with Crippen LogP contribution in [0.4, 0.5) is 0 Å². The molecule has 2 N–H and O–H groups in total. The van der Waals surface area contributed by atoms with Crippen LogP contribution in [0, 0.1) is 0 Å². The third-order valence-electron chi connectivity index (χ3n) is 3.85. The van der Waals surface area contributed by atoms with E-state index in [0.717, 1.165) is 6.42 Å². The maximum absolute atomic E-state index is 9.06. The number of rotatable bonds is 4. The van der Waals surface area contributed by atoms with Crippen LogP contribution < -0.4 is 5.32 Å². The van der Waals surface area contributed by atoms with Crippen LogP contribution in [-0.2, 0) is 0 Å². The third kappa shape index (κ3) is 2.18. The SMILES string of the molecule is CC(CCO)NC1c2ccccc2-c2ccccc21. The molecular weight excluding hydrogens is 234 g/mol. The molecule has 2 heteroatoms. The summed E-state index contributed by atoms with van der Waals surface area (Å²) in [6.45, 7) is 2.35. The van der Waals surface area contributed by atoms with Crippen molar-refractivity contribution in [2.24, 2.45) is 0 Å². The first kappa shape index (κ1) is 12.4. The highest BCUT2D eigenvalue weighted by atomic mass is 16.3. The molecule has 1 aliphatic carbocycles. The van der Waals surface area contributed by atoms with Gasteiger partial charge in [-0.25, -0.2) is 0 Å². The van der Waals surface area contributed by atoms with Crippen LogP contribution in [0.25, 0.3) is 11.1 Å². The zero-order valence-electron chi connectivity index (χ0n) is 11.1. The Labute approximate surface area is 114 Å². The minimum absolute atomic E-state index is 0.226. The molecule has 2 aromatic rings. The summed E-state index contributed by atoms with van der Waals surface area (Å²) in [4.78, 5) is 0. The Morgan fingerprint density at radius 1 is 1.00 bits per heavy atom. The molecule has 0 amide bonds. The van der Waals surface area contributed by atoms with Crippen molar-refractivity contribution in [1.82, 2.24) is 5.32 Å². The van der Waals surface area contributed by atoms with E-state index in [1.807, 2.05) is 0 Å². The van der Waals surface area contributed by atoms with Gasteiger partial charge in [0.1, 0.15) is 0 Å². The van der Waals surface area contributed by atoms with E-state index in [-0.39, 0.29) is 12.6 Å². The van der Waals surface area contributed by atoms with E-state index in [1.165, 1.54) is 22.3 Å². The van der Waals surface area contributed by atoms with E-state index < -0.39 is 0 Å². The van der Waals surface area contributed by atoms with Gasteiger partial charge in [0, 0.05) is 12.6 Å². The van der Waals surface area contributed by atoms with E-state index in [4.69, 9.17) is 5.11 Å². The van der Waals surface area contributed by atoms with Crippen LogP contribution in [0.3, 0.4) is 0 Å². The van der Waals surface area contributed by atoms with Gasteiger partial charge in [-0.2, -0.15) is 0 Å². The fourth-order valence-electron chi connectivity index (χ4n) is 2.90. The molecule has 0 saturated carbocycles. The molecule has 0 fully saturated rings. The summed E-state index contributed by atoms with van der Waals surface area (Å²) in [5.41, 5.74) is 5.33. The molecule has 0 aliphatic heterocycles. The fraction of sp³-hybridized carbons (Fsp3) is 0.294. The molecule has 0 bridgehead atoms. The zero-order chi connectivity index (χ0) is 13.2. The van der Waals surface area contributed by atoms with Crippen molar-refractivity contribution < 1.29 is 5.11 Å². The van der Waals surface area contributed by atoms with E-state index in [9.17, 15) is 0 Å². The van der Waals surface area contributed by atoms with Crippen LogP contribution in [0.15, 0.2) is 48.5 Å². The van der Waals surface area contributed by atoms with Gasteiger partial charge >= 0.3 is 0 Å². The standard InChI is InChI=1S/C17H19NO/c1-12(10-11-19)18-17-15-8-4-2-6-13(15)14-7-3-5-9-16(14)17/h2-9,12,17-19H,10-11H2,1H3. The monoisotopic (exact) mass is 253 g/mol. The molecule has 0 radical (unpaired) electrons. The van der Waals surface area contributed by atoms with Gasteiger partial charge in [-0.1, -0.05) is 48.5 Å². The maximum Gasteiger partial charge on any atom is 0.0591 e. The van der Waals surface area contributed by atoms with Crippen molar-refractivity contribution in [1.29, 1.82) is 0 Å². The molecule has 0 heterocycles. The lowest BCUT2D eigenvalue weighted by Gasteiger charge is -2.21. The molecule has 0 aromatic heterocycles. The smallest absolute Gasteiger partial charge is 0.0591 e. The number of benzene rings is 2. The third-order valence-corrected chi connectivity index (χ3v) is 3.85. The number of aliphatic hydroxyl groups excluding tert-OH is 1. The first-order valence-electron chi connectivity index (χ1n) is 6.86. The minimum Gasteiger partial charge on any atom is -0.396 e. The molecule has 2 aromatic carbocycles. The van der Waals surface area contributed by atoms with Crippen molar-refractivity contribution in [2.75, 3.05) is 6.61 Å². The number of nitrogens with one attached hydrogen (secondary N) is 1. The predicted molar refractivity (Wildman–Crippen MR) is 78.0 cm³/mol. The molecule has 3 rings (SSSR count). The normalized spacial score (nSPS) is 15.1. The molecule has 1 unspecified atom stereocenters. The van der Waals surface area contributed by atoms with Gasteiger partial charge < -0.3 is 10.4 Å². The topological polar surface area (TPSA) is 32.3 Å². The molecule has 1 atom stereocenters. The highest BCUT2D eigenvalue weighted by molar-refractivity contribution is 5.78. The second kappa shape index (κ2) is 5.16. The van der Waals surface area contributed by atoms with Crippen LogP contribution in [0.5, 0.6) is 0 Å². The average molecular weight is 253 g/mol. The van der Waals surface area contributed by atoms with Gasteiger partial charge in [0.05, 0.1) is 6.04 Å². The predicted octanol–water partition coefficient (Wildman–Crippen LogP) is 3.12. The number of aliphatic hydroxyl groups is 1. The summed E-state index contributed by atoms with van der Waals surface area (Å²) in [5, 5.41) is 12.7. The molecule has 2 nitrogen and oxygen atoms in total. The van der Waals surface area contributed by atoms with Gasteiger partial charge in [-0.05, 0) is 35.6 Å². The Balaban J connectivity index is 2.00. The molecular formula is C17H19NO. The lowest BCUT2D eigenvalue weighted by atomic mass is 10.0. The van der Waals surface area contributed by atoms with Crippen molar-refractivity contribution >= 4 is 0 Å². The van der Waals surface area contributed by atoms with Gasteiger partial charge in [0.2, 0.25) is 0 Å². The first-order valence-corrected chi connectivity index (χ1v) is 6.86. The van der Waals surface area contributed by atoms with Crippen molar-refractivity contribution in [2.45, 2.75) is 25.4 Å². The lowest BCUT2D eigenvalue weighted by Crippen LogP contribution is -2.30. The summed E-state index contributed by atoms with van der Waals surface area (Å²) < 4.78 is 0. The summed E-state index contributed by atoms with van der Waals surface area (Å²) in [5.74, 6) is 0. The Kier molecular flexibility index (Phi) is 3.36. The van der Waals surface area contributed by atoms with E-state index in [2.05, 4.69) is 60.8 Å². The van der Waals surface area contributed by atoms with Crippen molar-refractivity contribution in [3.63, 3.8) is 0 Å². The van der Waals surface area contributed by atoms with E-state index in [1.54, 1.807) is 0 Å². The minimum atomic E-state index is 0.226. The lowest BCUT2D eigenvalue weighted by molar-refractivity contribution is 0.266. The van der Waals surface area contributed by atoms with Crippen molar-refractivity contribution in [3.05, 3.63) is 59.7 Å². The fourth-order valence-corrected chi connectivity index (χ4v) is 2.90. The Morgan fingerprint density at radius 3 is 2.05 bits per heavy atom. The second-order valence-electron chi connectivity index (χ2n) is 5.19. The van der Waals surface area contributed by atoms with E-state index in [0.29, 0.717) is 6.04 Å². The summed E-state index contributed by atoms with van der Waals surface area (Å²) >= 11 is 0. The van der Waals surface area contributed by atoms with E-state index >= 15 is 0 Å². The number of hydrogen-bond donors (Lipinski definition) is 2. The Hall–Kier alpha value is -1.64. The Bertz CT molecular complexity index is 533. The Morgan fingerprint density at radius 2 is 1.53 bits per heavy atom. The highest BCUT2D eigenvalue weighted by Crippen LogP contribution is 2.43. The molecule has 19 heavy (non-hydrogen) atoms. The average Bonchev–Trinajstić information content (AvgIpc) is 2.75. The summed E-state index contributed by atoms with van der Waals surface area (Å²) in [7, 11) is 0. The molecule has 1 aliphatic rings. The van der Waals surface area contributed by atoms with Crippen molar-refractivity contribution in [3.8, 4) is 11.1 Å². The first-order chi connectivity index (χ1) is 9.31. The quantitative estimate of drug-likeness (QED) is 0.877. The maximum atomic E-state index is 9.06. The van der Waals surface area contributed by atoms with Crippen LogP contribution in [0.1, 0.15) is 30.5 Å². The van der Waals surface area contributed by atoms with Gasteiger partial charge in [-0.3, -0.25) is 0 Å². The van der Waals surface area contributed by atoms with Crippen LogP contribution in [-0.4, -0.2) is 17.8 Å². The molecule has 98 valence electrons. The highest BCUT2D eigenvalue weighted by Gasteiger charge is 2.28. The van der Waals surface area contributed by atoms with Gasteiger partial charge in [-0.15, -0.1) is 0 Å². The van der Waals surface area contributed by atoms with Gasteiger partial charge in [0.15, 0.2) is 0 Å².